The first-order valence-corrected chi connectivity index (χ1v) is 7.77. The minimum absolute atomic E-state index is 0.0491. The van der Waals surface area contributed by atoms with Crippen LogP contribution in [0.5, 0.6) is 5.75 Å². The third-order valence-corrected chi connectivity index (χ3v) is 4.67. The Kier molecular flexibility index (Phi) is 5.23. The maximum absolute atomic E-state index is 12.8. The van der Waals surface area contributed by atoms with E-state index in [0.29, 0.717) is 0 Å². The minimum Gasteiger partial charge on any atom is -0.496 e. The molecular weight excluding hydrogens is 264 g/mol. The highest BCUT2D eigenvalue weighted by Gasteiger charge is 2.38. The largest absolute Gasteiger partial charge is 0.496 e. The molecule has 1 aliphatic rings. The Morgan fingerprint density at radius 2 is 2.05 bits per heavy atom. The lowest BCUT2D eigenvalue weighted by Crippen LogP contribution is -2.47. The SMILES string of the molecule is CCC1(C(=O)N[C@@H](C)c2ccccc2OC)CCNCC1. The number of rotatable bonds is 5. The molecule has 0 radical (unpaired) electrons. The first-order valence-electron chi connectivity index (χ1n) is 7.77. The fourth-order valence-electron chi connectivity index (χ4n) is 3.10. The second-order valence-corrected chi connectivity index (χ2v) is 5.82. The molecule has 1 amide bonds. The third kappa shape index (κ3) is 3.38. The van der Waals surface area contributed by atoms with E-state index in [1.165, 1.54) is 0 Å². The summed E-state index contributed by atoms with van der Waals surface area (Å²) >= 11 is 0. The average molecular weight is 290 g/mol. The van der Waals surface area contributed by atoms with Crippen LogP contribution in [0.15, 0.2) is 24.3 Å². The summed E-state index contributed by atoms with van der Waals surface area (Å²) in [5, 5.41) is 6.52. The number of ether oxygens (including phenoxy) is 1. The normalized spacial score (nSPS) is 18.8. The van der Waals surface area contributed by atoms with Crippen LogP contribution in [0.2, 0.25) is 0 Å². The van der Waals surface area contributed by atoms with Gasteiger partial charge in [0.25, 0.3) is 0 Å². The van der Waals surface area contributed by atoms with Crippen molar-refractivity contribution in [3.63, 3.8) is 0 Å². The number of amides is 1. The molecule has 1 fully saturated rings. The van der Waals surface area contributed by atoms with Crippen molar-refractivity contribution in [2.75, 3.05) is 20.2 Å². The van der Waals surface area contributed by atoms with Gasteiger partial charge in [-0.1, -0.05) is 25.1 Å². The van der Waals surface area contributed by atoms with E-state index in [1.54, 1.807) is 7.11 Å². The topological polar surface area (TPSA) is 50.4 Å². The maximum atomic E-state index is 12.8. The number of carbonyl (C=O) groups excluding carboxylic acids is 1. The highest BCUT2D eigenvalue weighted by molar-refractivity contribution is 5.83. The molecule has 1 aliphatic heterocycles. The van der Waals surface area contributed by atoms with Crippen molar-refractivity contribution in [3.05, 3.63) is 29.8 Å². The van der Waals surface area contributed by atoms with Crippen LogP contribution in [0, 0.1) is 5.41 Å². The summed E-state index contributed by atoms with van der Waals surface area (Å²) in [6.07, 6.45) is 2.71. The predicted molar refractivity (Wildman–Crippen MR) is 84.4 cm³/mol. The van der Waals surface area contributed by atoms with Crippen LogP contribution in [-0.4, -0.2) is 26.1 Å². The van der Waals surface area contributed by atoms with Crippen LogP contribution in [-0.2, 0) is 4.79 Å². The quantitative estimate of drug-likeness (QED) is 0.876. The summed E-state index contributed by atoms with van der Waals surface area (Å²) < 4.78 is 5.38. The molecule has 1 saturated heterocycles. The van der Waals surface area contributed by atoms with Gasteiger partial charge in [-0.15, -0.1) is 0 Å². The standard InChI is InChI=1S/C17H26N2O2/c1-4-17(9-11-18-12-10-17)16(20)19-13(2)14-7-5-6-8-15(14)21-3/h5-8,13,18H,4,9-12H2,1-3H3,(H,19,20)/t13-/m0/s1. The lowest BCUT2D eigenvalue weighted by Gasteiger charge is -2.36. The zero-order chi connectivity index (χ0) is 15.3. The Balaban J connectivity index is 2.11. The van der Waals surface area contributed by atoms with E-state index in [-0.39, 0.29) is 17.4 Å². The molecule has 1 aromatic rings. The monoisotopic (exact) mass is 290 g/mol. The van der Waals surface area contributed by atoms with Gasteiger partial charge in [0.15, 0.2) is 0 Å². The number of carbonyl (C=O) groups is 1. The van der Waals surface area contributed by atoms with Gasteiger partial charge in [0, 0.05) is 5.56 Å². The molecule has 1 heterocycles. The van der Waals surface area contributed by atoms with Crippen molar-refractivity contribution in [2.24, 2.45) is 5.41 Å². The van der Waals surface area contributed by atoms with Crippen LogP contribution >= 0.6 is 0 Å². The summed E-state index contributed by atoms with van der Waals surface area (Å²) in [5.41, 5.74) is 0.801. The third-order valence-electron chi connectivity index (χ3n) is 4.67. The first-order chi connectivity index (χ1) is 10.1. The molecule has 0 aliphatic carbocycles. The van der Waals surface area contributed by atoms with Crippen molar-refractivity contribution in [2.45, 2.75) is 39.2 Å². The zero-order valence-electron chi connectivity index (χ0n) is 13.2. The van der Waals surface area contributed by atoms with E-state index >= 15 is 0 Å². The molecule has 2 N–H and O–H groups in total. The fourth-order valence-corrected chi connectivity index (χ4v) is 3.10. The Bertz CT molecular complexity index is 481. The molecule has 0 bridgehead atoms. The highest BCUT2D eigenvalue weighted by atomic mass is 16.5. The van der Waals surface area contributed by atoms with Gasteiger partial charge in [-0.05, 0) is 45.3 Å². The van der Waals surface area contributed by atoms with Crippen molar-refractivity contribution < 1.29 is 9.53 Å². The second-order valence-electron chi connectivity index (χ2n) is 5.82. The molecule has 0 unspecified atom stereocenters. The van der Waals surface area contributed by atoms with E-state index < -0.39 is 0 Å². The van der Waals surface area contributed by atoms with Crippen molar-refractivity contribution >= 4 is 5.91 Å². The Labute approximate surface area is 127 Å². The summed E-state index contributed by atoms with van der Waals surface area (Å²) in [7, 11) is 1.66. The van der Waals surface area contributed by atoms with Crippen molar-refractivity contribution in [1.82, 2.24) is 10.6 Å². The summed E-state index contributed by atoms with van der Waals surface area (Å²) in [4.78, 5) is 12.8. The molecule has 0 aromatic heterocycles. The Hall–Kier alpha value is -1.55. The van der Waals surface area contributed by atoms with Crippen LogP contribution in [0.4, 0.5) is 0 Å². The summed E-state index contributed by atoms with van der Waals surface area (Å²) in [6, 6.07) is 7.80. The van der Waals surface area contributed by atoms with Crippen LogP contribution in [0.3, 0.4) is 0 Å². The first kappa shape index (κ1) is 15.8. The van der Waals surface area contributed by atoms with Gasteiger partial charge in [-0.25, -0.2) is 0 Å². The molecule has 2 rings (SSSR count). The van der Waals surface area contributed by atoms with Crippen LogP contribution < -0.4 is 15.4 Å². The van der Waals surface area contributed by atoms with Gasteiger partial charge in [0.05, 0.1) is 18.6 Å². The van der Waals surface area contributed by atoms with Gasteiger partial charge < -0.3 is 15.4 Å². The number of hydrogen-bond donors (Lipinski definition) is 2. The van der Waals surface area contributed by atoms with E-state index in [9.17, 15) is 4.79 Å². The number of piperidine rings is 1. The van der Waals surface area contributed by atoms with Crippen LogP contribution in [0.1, 0.15) is 44.7 Å². The zero-order valence-corrected chi connectivity index (χ0v) is 13.2. The molecule has 0 saturated carbocycles. The number of benzene rings is 1. The van der Waals surface area contributed by atoms with Gasteiger partial charge in [0.2, 0.25) is 5.91 Å². The summed E-state index contributed by atoms with van der Waals surface area (Å²) in [6.45, 7) is 5.97. The summed E-state index contributed by atoms with van der Waals surface area (Å²) in [5.74, 6) is 0.992. The number of methoxy groups -OCH3 is 1. The lowest BCUT2D eigenvalue weighted by atomic mass is 9.75. The highest BCUT2D eigenvalue weighted by Crippen LogP contribution is 2.34. The van der Waals surface area contributed by atoms with Gasteiger partial charge in [-0.2, -0.15) is 0 Å². The fraction of sp³-hybridized carbons (Fsp3) is 0.588. The van der Waals surface area contributed by atoms with Gasteiger partial charge in [-0.3, -0.25) is 4.79 Å². The van der Waals surface area contributed by atoms with Crippen molar-refractivity contribution in [1.29, 1.82) is 0 Å². The Morgan fingerprint density at radius 3 is 2.67 bits per heavy atom. The number of para-hydroxylation sites is 1. The molecule has 21 heavy (non-hydrogen) atoms. The lowest BCUT2D eigenvalue weighted by molar-refractivity contribution is -0.133. The van der Waals surface area contributed by atoms with Gasteiger partial charge in [0.1, 0.15) is 5.75 Å². The van der Waals surface area contributed by atoms with E-state index in [2.05, 4.69) is 17.6 Å². The van der Waals surface area contributed by atoms with Crippen molar-refractivity contribution in [3.8, 4) is 5.75 Å². The molecule has 4 nitrogen and oxygen atoms in total. The van der Waals surface area contributed by atoms with E-state index in [0.717, 1.165) is 43.7 Å². The predicted octanol–water partition coefficient (Wildman–Crippen LogP) is 2.65. The average Bonchev–Trinajstić information content (AvgIpc) is 2.55. The van der Waals surface area contributed by atoms with Gasteiger partial charge >= 0.3 is 0 Å². The minimum atomic E-state index is -0.221. The van der Waals surface area contributed by atoms with E-state index in [4.69, 9.17) is 4.74 Å². The molecule has 0 spiro atoms. The number of nitrogens with one attached hydrogen (secondary N) is 2. The molecule has 1 aromatic carbocycles. The molecule has 116 valence electrons. The molecular formula is C17H26N2O2. The van der Waals surface area contributed by atoms with E-state index in [1.807, 2.05) is 31.2 Å². The number of hydrogen-bond acceptors (Lipinski definition) is 3. The molecule has 1 atom stereocenters. The maximum Gasteiger partial charge on any atom is 0.226 e. The van der Waals surface area contributed by atoms with Crippen LogP contribution in [0.25, 0.3) is 0 Å². The second kappa shape index (κ2) is 6.94. The smallest absolute Gasteiger partial charge is 0.226 e. The Morgan fingerprint density at radius 1 is 1.38 bits per heavy atom. The molecule has 4 heteroatoms.